The van der Waals surface area contributed by atoms with Crippen LogP contribution in [0.25, 0.3) is 0 Å². The number of carbonyl (C=O) groups excluding carboxylic acids is 1. The number of hydrogen-bond acceptors (Lipinski definition) is 3. The van der Waals surface area contributed by atoms with Gasteiger partial charge in [0.2, 0.25) is 5.78 Å². The van der Waals surface area contributed by atoms with Gasteiger partial charge in [0, 0.05) is 21.2 Å². The van der Waals surface area contributed by atoms with Gasteiger partial charge in [-0.25, -0.2) is 0 Å². The molecule has 2 atom stereocenters. The Balaban J connectivity index is 1.75. The molecule has 4 rings (SSSR count). The van der Waals surface area contributed by atoms with E-state index in [0.29, 0.717) is 21.2 Å². The Hall–Kier alpha value is -2.17. The number of hydrogen-bond donors (Lipinski definition) is 0. The topological polar surface area (TPSA) is 35.5 Å². The molecule has 0 N–H and O–H groups in total. The minimum atomic E-state index is -1.25. The van der Waals surface area contributed by atoms with Crippen LogP contribution in [0.15, 0.2) is 78.9 Å². The molecule has 2 unspecified atom stereocenters. The summed E-state index contributed by atoms with van der Waals surface area (Å²) in [6.07, 6.45) is -0.627. The zero-order valence-corrected chi connectivity index (χ0v) is 15.8. The fraction of sp³-hybridized carbons (Fsp3) is 0.136. The minimum Gasteiger partial charge on any atom is -0.344 e. The number of rotatable bonds is 4. The maximum atomic E-state index is 13.5. The van der Waals surface area contributed by atoms with Crippen LogP contribution in [0.1, 0.15) is 27.8 Å². The molecule has 1 aliphatic heterocycles. The number of Topliss-reactive ketones (excluding diaryl/α,β-unsaturated/α-hetero) is 1. The zero-order valence-electron chi connectivity index (χ0n) is 14.3. The highest BCUT2D eigenvalue weighted by Crippen LogP contribution is 2.42. The monoisotopic (exact) mass is 398 g/mol. The van der Waals surface area contributed by atoms with Crippen molar-refractivity contribution in [1.82, 2.24) is 0 Å². The third-order valence-corrected chi connectivity index (χ3v) is 5.11. The Morgan fingerprint density at radius 2 is 1.44 bits per heavy atom. The quantitative estimate of drug-likeness (QED) is 0.519. The van der Waals surface area contributed by atoms with Gasteiger partial charge in [-0.3, -0.25) is 4.79 Å². The Labute approximate surface area is 167 Å². The summed E-state index contributed by atoms with van der Waals surface area (Å²) in [5, 5.41) is 1.16. The van der Waals surface area contributed by atoms with E-state index in [9.17, 15) is 4.79 Å². The molecule has 0 bridgehead atoms. The Morgan fingerprint density at radius 3 is 2.07 bits per heavy atom. The van der Waals surface area contributed by atoms with Crippen molar-refractivity contribution in [3.05, 3.63) is 106 Å². The predicted molar refractivity (Wildman–Crippen MR) is 105 cm³/mol. The van der Waals surface area contributed by atoms with Crippen LogP contribution in [-0.4, -0.2) is 12.4 Å². The lowest BCUT2D eigenvalue weighted by atomic mass is 9.86. The largest absolute Gasteiger partial charge is 0.344 e. The van der Waals surface area contributed by atoms with Crippen molar-refractivity contribution in [1.29, 1.82) is 0 Å². The van der Waals surface area contributed by atoms with E-state index < -0.39 is 11.9 Å². The van der Waals surface area contributed by atoms with Crippen molar-refractivity contribution in [3.8, 4) is 0 Å². The highest BCUT2D eigenvalue weighted by Gasteiger charge is 2.49. The number of halogens is 2. The van der Waals surface area contributed by atoms with E-state index in [2.05, 4.69) is 0 Å². The number of carbonyl (C=O) groups is 1. The molecule has 1 saturated heterocycles. The van der Waals surface area contributed by atoms with Crippen molar-refractivity contribution in [2.24, 2.45) is 0 Å². The molecule has 5 heteroatoms. The molecule has 27 heavy (non-hydrogen) atoms. The molecule has 0 radical (unpaired) electrons. The summed E-state index contributed by atoms with van der Waals surface area (Å²) in [7, 11) is 0. The van der Waals surface area contributed by atoms with Crippen LogP contribution >= 0.6 is 23.2 Å². The van der Waals surface area contributed by atoms with E-state index in [0.717, 1.165) is 5.56 Å². The second-order valence-corrected chi connectivity index (χ2v) is 7.21. The van der Waals surface area contributed by atoms with Gasteiger partial charge in [0.25, 0.3) is 0 Å². The van der Waals surface area contributed by atoms with Gasteiger partial charge < -0.3 is 9.47 Å². The van der Waals surface area contributed by atoms with Crippen LogP contribution in [0.4, 0.5) is 0 Å². The van der Waals surface area contributed by atoms with Crippen molar-refractivity contribution in [2.45, 2.75) is 11.9 Å². The SMILES string of the molecule is O=C(c1ccc(Cl)cc1)C1(c2ccc(Cl)cc2)COC(c2ccccc2)O1. The minimum absolute atomic E-state index is 0.107. The summed E-state index contributed by atoms with van der Waals surface area (Å²) < 4.78 is 12.2. The summed E-state index contributed by atoms with van der Waals surface area (Å²) in [5.74, 6) is -0.181. The highest BCUT2D eigenvalue weighted by molar-refractivity contribution is 6.31. The van der Waals surface area contributed by atoms with Gasteiger partial charge in [-0.15, -0.1) is 0 Å². The first-order chi connectivity index (χ1) is 13.1. The molecule has 0 aliphatic carbocycles. The standard InChI is InChI=1S/C22H16Cl2O3/c23-18-10-6-15(7-11-18)20(25)22(17-8-12-19(24)13-9-17)14-26-21(27-22)16-4-2-1-3-5-16/h1-13,21H,14H2. The fourth-order valence-electron chi connectivity index (χ4n) is 3.17. The third-order valence-electron chi connectivity index (χ3n) is 4.60. The maximum Gasteiger partial charge on any atom is 0.201 e. The second kappa shape index (κ2) is 7.45. The van der Waals surface area contributed by atoms with Gasteiger partial charge in [-0.1, -0.05) is 65.7 Å². The number of ether oxygens (including phenoxy) is 2. The molecule has 0 aromatic heterocycles. The summed E-state index contributed by atoms with van der Waals surface area (Å²) >= 11 is 12.0. The summed E-state index contributed by atoms with van der Waals surface area (Å²) in [4.78, 5) is 13.5. The lowest BCUT2D eigenvalue weighted by molar-refractivity contribution is -0.0828. The molecular weight excluding hydrogens is 383 g/mol. The van der Waals surface area contributed by atoms with E-state index in [4.69, 9.17) is 32.7 Å². The van der Waals surface area contributed by atoms with Crippen LogP contribution in [0, 0.1) is 0 Å². The van der Waals surface area contributed by atoms with Crippen molar-refractivity contribution < 1.29 is 14.3 Å². The fourth-order valence-corrected chi connectivity index (χ4v) is 3.43. The molecule has 0 amide bonds. The van der Waals surface area contributed by atoms with E-state index in [1.54, 1.807) is 48.5 Å². The average molecular weight is 399 g/mol. The summed E-state index contributed by atoms with van der Waals surface area (Å²) in [6.45, 7) is 0.107. The summed E-state index contributed by atoms with van der Waals surface area (Å²) in [5.41, 5.74) is 0.813. The maximum absolute atomic E-state index is 13.5. The molecule has 1 fully saturated rings. The van der Waals surface area contributed by atoms with Crippen LogP contribution in [-0.2, 0) is 15.1 Å². The smallest absolute Gasteiger partial charge is 0.201 e. The van der Waals surface area contributed by atoms with Gasteiger partial charge in [0.15, 0.2) is 11.9 Å². The lowest BCUT2D eigenvalue weighted by Gasteiger charge is -2.27. The Morgan fingerprint density at radius 1 is 0.852 bits per heavy atom. The normalized spacial score (nSPS) is 21.9. The first-order valence-electron chi connectivity index (χ1n) is 8.49. The molecule has 3 aromatic rings. The molecule has 1 aliphatic rings. The molecule has 3 aromatic carbocycles. The second-order valence-electron chi connectivity index (χ2n) is 6.34. The summed E-state index contributed by atoms with van der Waals surface area (Å²) in [6, 6.07) is 23.4. The first kappa shape index (κ1) is 18.2. The lowest BCUT2D eigenvalue weighted by Crippen LogP contribution is -2.38. The van der Waals surface area contributed by atoms with E-state index in [-0.39, 0.29) is 12.4 Å². The van der Waals surface area contributed by atoms with Crippen molar-refractivity contribution in [3.63, 3.8) is 0 Å². The highest BCUT2D eigenvalue weighted by atomic mass is 35.5. The molecule has 0 saturated carbocycles. The van der Waals surface area contributed by atoms with Crippen molar-refractivity contribution >= 4 is 29.0 Å². The van der Waals surface area contributed by atoms with Crippen LogP contribution < -0.4 is 0 Å². The average Bonchev–Trinajstić information content (AvgIpc) is 3.16. The molecule has 0 spiro atoms. The van der Waals surface area contributed by atoms with Gasteiger partial charge in [-0.2, -0.15) is 0 Å². The third kappa shape index (κ3) is 3.52. The van der Waals surface area contributed by atoms with Gasteiger partial charge >= 0.3 is 0 Å². The first-order valence-corrected chi connectivity index (χ1v) is 9.25. The molecule has 136 valence electrons. The number of ketones is 1. The van der Waals surface area contributed by atoms with Gasteiger partial charge in [0.1, 0.15) is 0 Å². The molecular formula is C22H16Cl2O3. The van der Waals surface area contributed by atoms with Crippen LogP contribution in [0.2, 0.25) is 10.0 Å². The Kier molecular flexibility index (Phi) is 5.02. The van der Waals surface area contributed by atoms with Gasteiger partial charge in [0.05, 0.1) is 6.61 Å². The van der Waals surface area contributed by atoms with Crippen molar-refractivity contribution in [2.75, 3.05) is 6.61 Å². The number of benzene rings is 3. The predicted octanol–water partition coefficient (Wildman–Crippen LogP) is 5.82. The van der Waals surface area contributed by atoms with E-state index in [1.165, 1.54) is 0 Å². The van der Waals surface area contributed by atoms with Gasteiger partial charge in [-0.05, 0) is 42.0 Å². The molecule has 3 nitrogen and oxygen atoms in total. The Bertz CT molecular complexity index is 940. The van der Waals surface area contributed by atoms with E-state index in [1.807, 2.05) is 30.3 Å². The zero-order chi connectivity index (χ0) is 18.9. The molecule has 1 heterocycles. The van der Waals surface area contributed by atoms with Crippen LogP contribution in [0.3, 0.4) is 0 Å². The van der Waals surface area contributed by atoms with E-state index >= 15 is 0 Å². The van der Waals surface area contributed by atoms with Crippen LogP contribution in [0.5, 0.6) is 0 Å².